The largest absolute Gasteiger partial charge is 0.472 e. The normalized spacial score (nSPS) is 25.4. The zero-order valence-corrected chi connectivity index (χ0v) is 21.4. The molecular weight excluding hydrogens is 529 g/mol. The van der Waals surface area contributed by atoms with Crippen LogP contribution >= 0.6 is 7.82 Å². The Morgan fingerprint density at radius 1 is 1.26 bits per heavy atom. The molecule has 0 radical (unpaired) electrons. The van der Waals surface area contributed by atoms with Crippen molar-refractivity contribution in [3.05, 3.63) is 35.6 Å². The van der Waals surface area contributed by atoms with Gasteiger partial charge in [0.25, 0.3) is 0 Å². The molecule has 0 amide bonds. The van der Waals surface area contributed by atoms with Crippen LogP contribution in [0.25, 0.3) is 10.4 Å². The number of aliphatic hydroxyl groups is 2. The topological polar surface area (TPSA) is 219 Å². The summed E-state index contributed by atoms with van der Waals surface area (Å²) in [4.78, 5) is 40.3. The highest BCUT2D eigenvalue weighted by Crippen LogP contribution is 2.48. The number of carbonyl (C=O) groups is 2. The first-order valence-electron chi connectivity index (χ1n) is 11.4. The summed E-state index contributed by atoms with van der Waals surface area (Å²) in [5.41, 5.74) is 4.14. The minimum absolute atomic E-state index is 0.00661. The van der Waals surface area contributed by atoms with E-state index in [1.54, 1.807) is 13.0 Å². The lowest BCUT2D eigenvalue weighted by molar-refractivity contribution is -0.160. The maximum absolute atomic E-state index is 12.5. The van der Waals surface area contributed by atoms with E-state index in [2.05, 4.69) is 14.9 Å². The van der Waals surface area contributed by atoms with Crippen molar-refractivity contribution in [3.63, 3.8) is 0 Å². The number of aromatic nitrogens is 3. The summed E-state index contributed by atoms with van der Waals surface area (Å²) in [5.74, 6) is -1.11. The quantitative estimate of drug-likeness (QED) is 0.155. The van der Waals surface area contributed by atoms with E-state index in [0.717, 1.165) is 0 Å². The number of fused-ring (bicyclic) bond motifs is 1. The van der Waals surface area contributed by atoms with Crippen LogP contribution in [0.5, 0.6) is 0 Å². The summed E-state index contributed by atoms with van der Waals surface area (Å²) in [6, 6.07) is 3.06. The molecule has 1 aliphatic rings. The lowest BCUT2D eigenvalue weighted by atomic mass is 10.0. The molecule has 1 fully saturated rings. The lowest BCUT2D eigenvalue weighted by Crippen LogP contribution is -2.44. The smallest absolute Gasteiger partial charge is 0.462 e. The number of ether oxygens (including phenoxy) is 3. The highest BCUT2D eigenvalue weighted by atomic mass is 31.2. The van der Waals surface area contributed by atoms with Gasteiger partial charge in [-0.2, -0.15) is 5.10 Å². The van der Waals surface area contributed by atoms with Gasteiger partial charge in [-0.1, -0.05) is 13.8 Å². The second-order valence-electron chi connectivity index (χ2n) is 8.17. The molecule has 0 aliphatic carbocycles. The Morgan fingerprint density at radius 2 is 1.97 bits per heavy atom. The van der Waals surface area contributed by atoms with Gasteiger partial charge >= 0.3 is 25.5 Å². The number of nitrogens with zero attached hydrogens (tertiary/aromatic N) is 4. The highest BCUT2D eigenvalue weighted by molar-refractivity contribution is 7.47. The Bertz CT molecular complexity index is 1250. The van der Waals surface area contributed by atoms with E-state index in [-0.39, 0.29) is 24.4 Å². The number of hydrogen-bond acceptors (Lipinski definition) is 13. The van der Waals surface area contributed by atoms with Crippen LogP contribution in [0.4, 0.5) is 5.82 Å². The minimum Gasteiger partial charge on any atom is -0.462 e. The predicted molar refractivity (Wildman–Crippen MR) is 126 cm³/mol. The van der Waals surface area contributed by atoms with Gasteiger partial charge in [0.1, 0.15) is 30.7 Å². The molecule has 2 unspecified atom stereocenters. The molecule has 0 bridgehead atoms. The maximum Gasteiger partial charge on any atom is 0.472 e. The molecule has 0 saturated carbocycles. The number of phosphoric ester groups is 1. The van der Waals surface area contributed by atoms with Gasteiger partial charge in [0.15, 0.2) is 24.6 Å². The van der Waals surface area contributed by atoms with E-state index in [0.29, 0.717) is 5.52 Å². The van der Waals surface area contributed by atoms with Gasteiger partial charge in [0.05, 0.1) is 12.3 Å². The maximum atomic E-state index is 12.5. The summed E-state index contributed by atoms with van der Waals surface area (Å²) in [5, 5.41) is 25.3. The number of nitrogens with two attached hydrogens (primary N) is 1. The second kappa shape index (κ2) is 12.1. The number of nitrogen functional groups attached to an aromatic ring is 1. The standard InChI is InChI=1S/C21H28N5O11P/c1-4-15(27)33-8-12(36-16(28)5-2)9-34-38(31,32)35-10-21(23-3)19(30)17(29)18(37-21)13-6-7-14-20(22)24-11-25-26(13)14/h6-7,11-12,17-19,29-30H,4-5,8-10H2,1-2H3,(H,31,32)(H2,22,24,25)/t12?,17-,18-,19-,21+/m0/s1. The van der Waals surface area contributed by atoms with E-state index in [1.807, 2.05) is 0 Å². The van der Waals surface area contributed by atoms with Crippen molar-refractivity contribution in [2.75, 3.05) is 25.6 Å². The number of rotatable bonds is 12. The van der Waals surface area contributed by atoms with E-state index in [9.17, 15) is 29.3 Å². The van der Waals surface area contributed by atoms with Crippen LogP contribution in [0.1, 0.15) is 38.5 Å². The Labute approximate surface area is 216 Å². The molecule has 5 N–H and O–H groups in total. The van der Waals surface area contributed by atoms with Crippen molar-refractivity contribution in [2.45, 2.75) is 56.8 Å². The molecule has 3 rings (SSSR count). The van der Waals surface area contributed by atoms with Crippen molar-refractivity contribution in [3.8, 4) is 0 Å². The van der Waals surface area contributed by atoms with E-state index in [4.69, 9.17) is 35.6 Å². The van der Waals surface area contributed by atoms with Crippen molar-refractivity contribution in [1.82, 2.24) is 14.6 Å². The van der Waals surface area contributed by atoms with Crippen LogP contribution in [-0.4, -0.2) is 85.5 Å². The van der Waals surface area contributed by atoms with Gasteiger partial charge in [-0.15, -0.1) is 0 Å². The zero-order valence-electron chi connectivity index (χ0n) is 20.5. The molecule has 3 heterocycles. The molecule has 16 nitrogen and oxygen atoms in total. The number of phosphoric acid groups is 1. The Hall–Kier alpha value is -3.16. The van der Waals surface area contributed by atoms with Gasteiger partial charge in [-0.3, -0.25) is 28.2 Å². The molecule has 17 heteroatoms. The summed E-state index contributed by atoms with van der Waals surface area (Å²) in [6.07, 6.45) is -4.79. The third-order valence-electron chi connectivity index (χ3n) is 5.58. The number of aliphatic hydroxyl groups excluding tert-OH is 2. The molecule has 0 aromatic carbocycles. The summed E-state index contributed by atoms with van der Waals surface area (Å²) in [6.45, 7) is 8.52. The molecule has 38 heavy (non-hydrogen) atoms. The summed E-state index contributed by atoms with van der Waals surface area (Å²) in [7, 11) is -4.92. The van der Waals surface area contributed by atoms with Gasteiger partial charge in [0, 0.05) is 12.8 Å². The molecule has 208 valence electrons. The van der Waals surface area contributed by atoms with Crippen LogP contribution in [0.2, 0.25) is 0 Å². The first kappa shape index (κ1) is 29.4. The lowest BCUT2D eigenvalue weighted by Gasteiger charge is -2.22. The second-order valence-corrected chi connectivity index (χ2v) is 9.62. The molecule has 1 saturated heterocycles. The Balaban J connectivity index is 1.69. The first-order chi connectivity index (χ1) is 18.0. The van der Waals surface area contributed by atoms with E-state index < -0.39 is 69.7 Å². The number of anilines is 1. The number of esters is 2. The third-order valence-corrected chi connectivity index (χ3v) is 6.51. The third kappa shape index (κ3) is 6.45. The van der Waals surface area contributed by atoms with Crippen LogP contribution in [0, 0.1) is 6.57 Å². The highest BCUT2D eigenvalue weighted by Gasteiger charge is 2.62. The predicted octanol–water partition coefficient (Wildman–Crippen LogP) is 0.129. The van der Waals surface area contributed by atoms with Crippen LogP contribution < -0.4 is 5.73 Å². The van der Waals surface area contributed by atoms with Crippen molar-refractivity contribution in [1.29, 1.82) is 0 Å². The Morgan fingerprint density at radius 3 is 2.63 bits per heavy atom. The van der Waals surface area contributed by atoms with E-state index >= 15 is 0 Å². The van der Waals surface area contributed by atoms with Gasteiger partial charge in [0.2, 0.25) is 0 Å². The summed E-state index contributed by atoms with van der Waals surface area (Å²) >= 11 is 0. The molecule has 0 spiro atoms. The molecular formula is C21H28N5O11P. The van der Waals surface area contributed by atoms with Gasteiger partial charge in [-0.05, 0) is 12.1 Å². The molecule has 2 aromatic rings. The zero-order chi connectivity index (χ0) is 28.1. The molecule has 6 atom stereocenters. The molecule has 2 aromatic heterocycles. The SMILES string of the molecule is [C-]#[N+][C@]1(COP(=O)(O)OCC(COC(=O)CC)OC(=O)CC)O[C@@H](c2ccc3c(N)ncnn23)[C@H](O)[C@@H]1O. The van der Waals surface area contributed by atoms with Crippen molar-refractivity contribution < 1.29 is 52.5 Å². The fraction of sp³-hybridized carbons (Fsp3) is 0.571. The molecule has 1 aliphatic heterocycles. The van der Waals surface area contributed by atoms with Crippen LogP contribution in [0.15, 0.2) is 18.5 Å². The van der Waals surface area contributed by atoms with E-state index in [1.165, 1.54) is 23.8 Å². The van der Waals surface area contributed by atoms with Crippen molar-refractivity contribution in [2.24, 2.45) is 0 Å². The average molecular weight is 557 g/mol. The average Bonchev–Trinajstić information content (AvgIpc) is 3.44. The fourth-order valence-corrected chi connectivity index (χ4v) is 4.30. The van der Waals surface area contributed by atoms with Crippen LogP contribution in [-0.2, 0) is 37.4 Å². The number of hydrogen-bond donors (Lipinski definition) is 4. The Kier molecular flexibility index (Phi) is 9.39. The fourth-order valence-electron chi connectivity index (χ4n) is 3.52. The van der Waals surface area contributed by atoms with Gasteiger partial charge < -0.3 is 30.3 Å². The monoisotopic (exact) mass is 557 g/mol. The van der Waals surface area contributed by atoms with Gasteiger partial charge in [-0.25, -0.2) is 20.6 Å². The van der Waals surface area contributed by atoms with Crippen LogP contribution in [0.3, 0.4) is 0 Å². The number of carbonyl (C=O) groups excluding carboxylic acids is 2. The first-order valence-corrected chi connectivity index (χ1v) is 12.9. The minimum atomic E-state index is -4.92. The summed E-state index contributed by atoms with van der Waals surface area (Å²) < 4.78 is 39.2. The van der Waals surface area contributed by atoms with Crippen molar-refractivity contribution >= 4 is 31.1 Å².